The van der Waals surface area contributed by atoms with Crippen molar-refractivity contribution in [1.82, 2.24) is 5.32 Å². The number of carbonyl (C=O) groups excluding carboxylic acids is 1. The average molecular weight is 127 g/mol. The van der Waals surface area contributed by atoms with Crippen molar-refractivity contribution >= 4 is 6.41 Å². The number of hydrogen-bond donors (Lipinski definition) is 1. The molecule has 9 heavy (non-hydrogen) atoms. The van der Waals surface area contributed by atoms with Crippen LogP contribution in [0, 0.1) is 0 Å². The van der Waals surface area contributed by atoms with E-state index >= 15 is 0 Å². The number of amides is 1. The Hall–Kier alpha value is -0.790. The lowest BCUT2D eigenvalue weighted by atomic mass is 10.2. The van der Waals surface area contributed by atoms with E-state index in [0.717, 1.165) is 19.3 Å². The molecule has 0 bridgehead atoms. The molecule has 0 rings (SSSR count). The fourth-order valence-electron chi connectivity index (χ4n) is 0.567. The second-order valence-corrected chi connectivity index (χ2v) is 2.05. The molecule has 52 valence electrons. The van der Waals surface area contributed by atoms with Gasteiger partial charge in [-0.25, -0.2) is 0 Å². The monoisotopic (exact) mass is 127 g/mol. The van der Waals surface area contributed by atoms with Crippen molar-refractivity contribution in [3.63, 3.8) is 0 Å². The molecule has 0 aromatic heterocycles. The third-order valence-corrected chi connectivity index (χ3v) is 1.16. The third kappa shape index (κ3) is 5.07. The first-order valence-electron chi connectivity index (χ1n) is 3.12. The van der Waals surface area contributed by atoms with Gasteiger partial charge >= 0.3 is 0 Å². The molecule has 0 aliphatic rings. The van der Waals surface area contributed by atoms with Gasteiger partial charge in [0.2, 0.25) is 6.41 Å². The molecule has 0 aliphatic carbocycles. The average Bonchev–Trinajstić information content (AvgIpc) is 1.85. The maximum absolute atomic E-state index is 9.84. The molecule has 0 aromatic rings. The highest BCUT2D eigenvalue weighted by Gasteiger charge is 1.94. The summed E-state index contributed by atoms with van der Waals surface area (Å²) in [6, 6.07) is 0.278. The quantitative estimate of drug-likeness (QED) is 0.434. The van der Waals surface area contributed by atoms with Crippen molar-refractivity contribution in [3.05, 3.63) is 12.7 Å². The maximum Gasteiger partial charge on any atom is 0.207 e. The summed E-state index contributed by atoms with van der Waals surface area (Å²) in [6.07, 6.45) is 4.51. The molecule has 2 heteroatoms. The van der Waals surface area contributed by atoms with E-state index in [1.165, 1.54) is 0 Å². The lowest BCUT2D eigenvalue weighted by Gasteiger charge is -2.06. The van der Waals surface area contributed by atoms with Gasteiger partial charge in [-0.05, 0) is 19.8 Å². The van der Waals surface area contributed by atoms with E-state index in [-0.39, 0.29) is 6.04 Å². The maximum atomic E-state index is 9.84. The predicted molar refractivity (Wildman–Crippen MR) is 38.1 cm³/mol. The molecule has 0 fully saturated rings. The molecule has 0 aromatic carbocycles. The number of nitrogens with one attached hydrogen (secondary N) is 1. The van der Waals surface area contributed by atoms with Gasteiger partial charge in [-0.15, -0.1) is 6.58 Å². The van der Waals surface area contributed by atoms with Crippen LogP contribution in [0.1, 0.15) is 19.8 Å². The van der Waals surface area contributed by atoms with Crippen LogP contribution >= 0.6 is 0 Å². The zero-order valence-electron chi connectivity index (χ0n) is 5.76. The molecule has 1 amide bonds. The Labute approximate surface area is 56.0 Å². The summed E-state index contributed by atoms with van der Waals surface area (Å²) in [5.74, 6) is 0. The molecule has 0 saturated carbocycles. The van der Waals surface area contributed by atoms with Gasteiger partial charge < -0.3 is 5.32 Å². The Morgan fingerprint density at radius 3 is 2.89 bits per heavy atom. The molecule has 0 spiro atoms. The van der Waals surface area contributed by atoms with Gasteiger partial charge in [0.15, 0.2) is 0 Å². The van der Waals surface area contributed by atoms with Gasteiger partial charge in [0, 0.05) is 6.04 Å². The molecule has 0 heterocycles. The minimum atomic E-state index is 0.278. The fourth-order valence-corrected chi connectivity index (χ4v) is 0.567. The Morgan fingerprint density at radius 2 is 2.44 bits per heavy atom. The van der Waals surface area contributed by atoms with Crippen molar-refractivity contribution < 1.29 is 4.79 Å². The molecule has 0 radical (unpaired) electrons. The van der Waals surface area contributed by atoms with Gasteiger partial charge in [-0.2, -0.15) is 0 Å². The third-order valence-electron chi connectivity index (χ3n) is 1.16. The lowest BCUT2D eigenvalue weighted by molar-refractivity contribution is -0.110. The van der Waals surface area contributed by atoms with E-state index in [4.69, 9.17) is 0 Å². The zero-order chi connectivity index (χ0) is 7.11. The van der Waals surface area contributed by atoms with E-state index in [2.05, 4.69) is 11.9 Å². The molecule has 0 saturated heterocycles. The summed E-state index contributed by atoms with van der Waals surface area (Å²) in [5, 5.41) is 2.65. The predicted octanol–water partition coefficient (Wildman–Crippen LogP) is 1.09. The molecular weight excluding hydrogens is 114 g/mol. The van der Waals surface area contributed by atoms with Crippen LogP contribution in [0.2, 0.25) is 0 Å². The minimum Gasteiger partial charge on any atom is -0.356 e. The Balaban J connectivity index is 3.14. The molecule has 2 nitrogen and oxygen atoms in total. The van der Waals surface area contributed by atoms with Crippen molar-refractivity contribution in [1.29, 1.82) is 0 Å². The first-order chi connectivity index (χ1) is 4.31. The minimum absolute atomic E-state index is 0.278. The van der Waals surface area contributed by atoms with Crippen LogP contribution < -0.4 is 5.32 Å². The second kappa shape index (κ2) is 5.35. The van der Waals surface area contributed by atoms with Crippen LogP contribution in [-0.4, -0.2) is 12.5 Å². The summed E-state index contributed by atoms with van der Waals surface area (Å²) in [4.78, 5) is 9.84. The van der Waals surface area contributed by atoms with Crippen molar-refractivity contribution in [3.8, 4) is 0 Å². The Kier molecular flexibility index (Phi) is 4.88. The first kappa shape index (κ1) is 8.21. The highest BCUT2D eigenvalue weighted by atomic mass is 16.1. The first-order valence-corrected chi connectivity index (χ1v) is 3.12. The van der Waals surface area contributed by atoms with E-state index in [1.54, 1.807) is 0 Å². The summed E-state index contributed by atoms with van der Waals surface area (Å²) in [6.45, 7) is 5.55. The van der Waals surface area contributed by atoms with Gasteiger partial charge in [-0.3, -0.25) is 4.79 Å². The Bertz CT molecular complexity index is 90.9. The largest absolute Gasteiger partial charge is 0.356 e. The second-order valence-electron chi connectivity index (χ2n) is 2.05. The van der Waals surface area contributed by atoms with Crippen LogP contribution in [0.4, 0.5) is 0 Å². The van der Waals surface area contributed by atoms with E-state index in [0.29, 0.717) is 0 Å². The molecule has 1 atom stereocenters. The van der Waals surface area contributed by atoms with E-state index in [9.17, 15) is 4.79 Å². The van der Waals surface area contributed by atoms with Crippen molar-refractivity contribution in [2.45, 2.75) is 25.8 Å². The van der Waals surface area contributed by atoms with Crippen LogP contribution in [0.3, 0.4) is 0 Å². The highest BCUT2D eigenvalue weighted by molar-refractivity contribution is 5.46. The summed E-state index contributed by atoms with van der Waals surface area (Å²) >= 11 is 0. The van der Waals surface area contributed by atoms with Crippen LogP contribution in [0.25, 0.3) is 0 Å². The summed E-state index contributed by atoms with van der Waals surface area (Å²) in [7, 11) is 0. The topological polar surface area (TPSA) is 29.1 Å². The summed E-state index contributed by atoms with van der Waals surface area (Å²) in [5.41, 5.74) is 0. The van der Waals surface area contributed by atoms with Crippen LogP contribution in [0.15, 0.2) is 12.7 Å². The molecular formula is C7H13NO. The van der Waals surface area contributed by atoms with Gasteiger partial charge in [-0.1, -0.05) is 6.08 Å². The summed E-state index contributed by atoms with van der Waals surface area (Å²) < 4.78 is 0. The molecule has 1 unspecified atom stereocenters. The van der Waals surface area contributed by atoms with E-state index < -0.39 is 0 Å². The van der Waals surface area contributed by atoms with E-state index in [1.807, 2.05) is 13.0 Å². The number of allylic oxidation sites excluding steroid dienone is 1. The number of hydrogen-bond acceptors (Lipinski definition) is 1. The standard InChI is InChI=1S/C7H13NO/c1-3-4-5-7(2)8-6-9/h3,6-7H,1,4-5H2,2H3,(H,8,9). The van der Waals surface area contributed by atoms with Gasteiger partial charge in [0.05, 0.1) is 0 Å². The molecule has 0 aliphatic heterocycles. The van der Waals surface area contributed by atoms with Crippen molar-refractivity contribution in [2.24, 2.45) is 0 Å². The van der Waals surface area contributed by atoms with Crippen molar-refractivity contribution in [2.75, 3.05) is 0 Å². The number of carbonyl (C=O) groups is 1. The lowest BCUT2D eigenvalue weighted by Crippen LogP contribution is -2.23. The molecule has 1 N–H and O–H groups in total. The van der Waals surface area contributed by atoms with Gasteiger partial charge in [0.25, 0.3) is 0 Å². The van der Waals surface area contributed by atoms with Crippen LogP contribution in [0.5, 0.6) is 0 Å². The van der Waals surface area contributed by atoms with Crippen LogP contribution in [-0.2, 0) is 4.79 Å². The van der Waals surface area contributed by atoms with Gasteiger partial charge in [0.1, 0.15) is 0 Å². The smallest absolute Gasteiger partial charge is 0.207 e. The Morgan fingerprint density at radius 1 is 1.78 bits per heavy atom. The normalized spacial score (nSPS) is 12.1. The zero-order valence-corrected chi connectivity index (χ0v) is 5.76. The SMILES string of the molecule is C=CCCC(C)NC=O. The number of rotatable bonds is 5. The fraction of sp³-hybridized carbons (Fsp3) is 0.571. The highest BCUT2D eigenvalue weighted by Crippen LogP contribution is 1.94.